The molecule has 0 aromatic heterocycles. The molecule has 24 heavy (non-hydrogen) atoms. The molecule has 0 radical (unpaired) electrons. The van der Waals surface area contributed by atoms with Crippen LogP contribution in [0.15, 0.2) is 22.8 Å². The highest BCUT2D eigenvalue weighted by atomic mass is 16.6. The van der Waals surface area contributed by atoms with Crippen LogP contribution in [0.1, 0.15) is 59.8 Å². The van der Waals surface area contributed by atoms with Crippen molar-refractivity contribution in [2.24, 2.45) is 0 Å². The monoisotopic (exact) mass is 335 g/mol. The van der Waals surface area contributed by atoms with Gasteiger partial charge in [0.05, 0.1) is 6.61 Å². The molecule has 1 aliphatic heterocycles. The quantitative estimate of drug-likeness (QED) is 0.732. The molecule has 0 unspecified atom stereocenters. The van der Waals surface area contributed by atoms with Gasteiger partial charge in [0.15, 0.2) is 0 Å². The summed E-state index contributed by atoms with van der Waals surface area (Å²) in [7, 11) is 0. The number of ether oxygens (including phenoxy) is 2. The van der Waals surface area contributed by atoms with Gasteiger partial charge in [-0.2, -0.15) is 0 Å². The van der Waals surface area contributed by atoms with Crippen molar-refractivity contribution in [3.8, 4) is 0 Å². The Balaban J connectivity index is 2.10. The number of allylic oxidation sites excluding steroid dienone is 1. The van der Waals surface area contributed by atoms with Gasteiger partial charge in [0.25, 0.3) is 0 Å². The Morgan fingerprint density at radius 2 is 1.88 bits per heavy atom. The van der Waals surface area contributed by atoms with Gasteiger partial charge in [-0.1, -0.05) is 6.08 Å². The van der Waals surface area contributed by atoms with Crippen LogP contribution in [0, 0.1) is 0 Å². The van der Waals surface area contributed by atoms with Gasteiger partial charge in [-0.25, -0.2) is 9.59 Å². The number of amides is 1. The van der Waals surface area contributed by atoms with Crippen molar-refractivity contribution in [2.45, 2.75) is 65.4 Å². The molecular weight excluding hydrogens is 306 g/mol. The largest absolute Gasteiger partial charge is 0.463 e. The number of hydrogen-bond donors (Lipinski definition) is 0. The summed E-state index contributed by atoms with van der Waals surface area (Å²) < 4.78 is 10.6. The molecule has 0 aromatic rings. The fourth-order valence-electron chi connectivity index (χ4n) is 3.14. The van der Waals surface area contributed by atoms with E-state index in [2.05, 4.69) is 6.08 Å². The van der Waals surface area contributed by atoms with E-state index in [4.69, 9.17) is 9.47 Å². The number of hydrogen-bond acceptors (Lipinski definition) is 4. The molecule has 0 aromatic carbocycles. The Bertz CT molecular complexity index is 554. The van der Waals surface area contributed by atoms with Gasteiger partial charge in [-0.05, 0) is 70.9 Å². The maximum absolute atomic E-state index is 12.2. The highest BCUT2D eigenvalue weighted by molar-refractivity contribution is 5.90. The summed E-state index contributed by atoms with van der Waals surface area (Å²) in [4.78, 5) is 26.0. The van der Waals surface area contributed by atoms with Crippen LogP contribution < -0.4 is 0 Å². The molecule has 0 bridgehead atoms. The van der Waals surface area contributed by atoms with Gasteiger partial charge in [-0.3, -0.25) is 0 Å². The van der Waals surface area contributed by atoms with Crippen LogP contribution in [-0.4, -0.2) is 42.3 Å². The molecule has 2 rings (SSSR count). The zero-order valence-electron chi connectivity index (χ0n) is 15.3. The van der Waals surface area contributed by atoms with Crippen LogP contribution in [-0.2, 0) is 14.3 Å². The Kier molecular flexibility index (Phi) is 6.08. The topological polar surface area (TPSA) is 55.8 Å². The average Bonchev–Trinajstić information content (AvgIpc) is 2.53. The zero-order chi connectivity index (χ0) is 17.7. The van der Waals surface area contributed by atoms with Crippen molar-refractivity contribution in [3.63, 3.8) is 0 Å². The van der Waals surface area contributed by atoms with E-state index in [0.717, 1.165) is 43.3 Å². The number of nitrogens with zero attached hydrogens (tertiary/aromatic N) is 1. The molecule has 0 saturated heterocycles. The minimum absolute atomic E-state index is 0.178. The number of carbonyl (C=O) groups excluding carboxylic acids is 2. The Labute approximate surface area is 144 Å². The zero-order valence-corrected chi connectivity index (χ0v) is 15.3. The second-order valence-electron chi connectivity index (χ2n) is 7.29. The highest BCUT2D eigenvalue weighted by Crippen LogP contribution is 2.33. The van der Waals surface area contributed by atoms with Gasteiger partial charge in [0.1, 0.15) is 5.60 Å². The Morgan fingerprint density at radius 3 is 2.46 bits per heavy atom. The van der Waals surface area contributed by atoms with Crippen LogP contribution in [0.2, 0.25) is 0 Å². The summed E-state index contributed by atoms with van der Waals surface area (Å²) in [6.45, 7) is 9.00. The van der Waals surface area contributed by atoms with Crippen molar-refractivity contribution < 1.29 is 19.1 Å². The molecule has 2 aliphatic rings. The van der Waals surface area contributed by atoms with E-state index in [1.807, 2.05) is 27.7 Å². The summed E-state index contributed by atoms with van der Waals surface area (Å²) in [5.74, 6) is -0.178. The van der Waals surface area contributed by atoms with Crippen molar-refractivity contribution in [2.75, 3.05) is 19.7 Å². The van der Waals surface area contributed by atoms with E-state index in [1.54, 1.807) is 4.90 Å². The lowest BCUT2D eigenvalue weighted by Gasteiger charge is -2.31. The molecule has 0 saturated carbocycles. The van der Waals surface area contributed by atoms with Gasteiger partial charge in [-0.15, -0.1) is 0 Å². The predicted molar refractivity (Wildman–Crippen MR) is 92.6 cm³/mol. The second-order valence-corrected chi connectivity index (χ2v) is 7.29. The fraction of sp³-hybridized carbons (Fsp3) is 0.684. The van der Waals surface area contributed by atoms with Crippen LogP contribution in [0.5, 0.6) is 0 Å². The van der Waals surface area contributed by atoms with Crippen LogP contribution >= 0.6 is 0 Å². The van der Waals surface area contributed by atoms with Gasteiger partial charge < -0.3 is 14.4 Å². The third-order valence-corrected chi connectivity index (χ3v) is 4.24. The summed E-state index contributed by atoms with van der Waals surface area (Å²) in [6.07, 6.45) is 6.40. The molecule has 1 amide bonds. The van der Waals surface area contributed by atoms with Crippen LogP contribution in [0.3, 0.4) is 0 Å². The lowest BCUT2D eigenvalue weighted by molar-refractivity contribution is -0.138. The fourth-order valence-corrected chi connectivity index (χ4v) is 3.14. The third kappa shape index (κ3) is 4.86. The first-order valence-corrected chi connectivity index (χ1v) is 8.88. The summed E-state index contributed by atoms with van der Waals surface area (Å²) in [6, 6.07) is 0. The van der Waals surface area contributed by atoms with E-state index in [9.17, 15) is 9.59 Å². The first-order valence-electron chi connectivity index (χ1n) is 8.88. The van der Waals surface area contributed by atoms with E-state index in [1.165, 1.54) is 5.57 Å². The predicted octanol–water partition coefficient (Wildman–Crippen LogP) is 3.99. The third-order valence-electron chi connectivity index (χ3n) is 4.24. The number of esters is 1. The summed E-state index contributed by atoms with van der Waals surface area (Å²) in [5, 5.41) is 0. The van der Waals surface area contributed by atoms with E-state index in [0.29, 0.717) is 19.7 Å². The first kappa shape index (κ1) is 18.6. The standard InChI is InChI=1S/C19H29NO4/c1-5-23-17(21)16-9-7-6-8-15(16)14-10-12-20(13-11-14)18(22)24-19(2,3)4/h10H,5-9,11-13H2,1-4H3. The van der Waals surface area contributed by atoms with Gasteiger partial charge in [0, 0.05) is 18.7 Å². The summed E-state index contributed by atoms with van der Waals surface area (Å²) >= 11 is 0. The van der Waals surface area contributed by atoms with Crippen LogP contribution in [0.4, 0.5) is 4.79 Å². The van der Waals surface area contributed by atoms with Crippen molar-refractivity contribution in [3.05, 3.63) is 22.8 Å². The molecule has 5 nitrogen and oxygen atoms in total. The minimum atomic E-state index is -0.482. The SMILES string of the molecule is CCOC(=O)C1=C(C2=CCN(C(=O)OC(C)(C)C)CC2)CCCC1. The molecule has 0 atom stereocenters. The van der Waals surface area contributed by atoms with E-state index < -0.39 is 5.60 Å². The van der Waals surface area contributed by atoms with Gasteiger partial charge >= 0.3 is 12.1 Å². The molecule has 0 N–H and O–H groups in total. The van der Waals surface area contributed by atoms with E-state index in [-0.39, 0.29) is 12.1 Å². The molecule has 0 fully saturated rings. The minimum Gasteiger partial charge on any atom is -0.463 e. The maximum atomic E-state index is 12.2. The van der Waals surface area contributed by atoms with Crippen molar-refractivity contribution in [1.29, 1.82) is 0 Å². The maximum Gasteiger partial charge on any atom is 0.410 e. The number of carbonyl (C=O) groups is 2. The molecule has 0 spiro atoms. The lowest BCUT2D eigenvalue weighted by Crippen LogP contribution is -2.39. The summed E-state index contributed by atoms with van der Waals surface area (Å²) in [5.41, 5.74) is 2.69. The molecule has 134 valence electrons. The lowest BCUT2D eigenvalue weighted by atomic mass is 9.85. The average molecular weight is 335 g/mol. The highest BCUT2D eigenvalue weighted by Gasteiger charge is 2.27. The molecule has 1 aliphatic carbocycles. The van der Waals surface area contributed by atoms with Crippen LogP contribution in [0.25, 0.3) is 0 Å². The smallest absolute Gasteiger partial charge is 0.410 e. The van der Waals surface area contributed by atoms with Crippen molar-refractivity contribution >= 4 is 12.1 Å². The van der Waals surface area contributed by atoms with Crippen molar-refractivity contribution in [1.82, 2.24) is 4.90 Å². The molecular formula is C19H29NO4. The van der Waals surface area contributed by atoms with E-state index >= 15 is 0 Å². The number of rotatable bonds is 3. The van der Waals surface area contributed by atoms with Gasteiger partial charge in [0.2, 0.25) is 0 Å². The molecule has 1 heterocycles. The molecule has 5 heteroatoms. The first-order chi connectivity index (χ1) is 11.3. The Morgan fingerprint density at radius 1 is 1.17 bits per heavy atom. The second kappa shape index (κ2) is 7.86. The Hall–Kier alpha value is -1.78. The normalized spacial score (nSPS) is 19.0.